The number of carbonyl (C=O) groups excluding carboxylic acids is 1. The summed E-state index contributed by atoms with van der Waals surface area (Å²) >= 11 is 0. The largest absolute Gasteiger partial charge is 0.469 e. The van der Waals surface area contributed by atoms with Gasteiger partial charge in [0.25, 0.3) is 0 Å². The molecule has 72 valence electrons. The molecule has 0 rings (SSSR count). The number of hydrogen-bond acceptors (Lipinski definition) is 3. The number of esters is 1. The molecule has 0 fully saturated rings. The molecule has 0 aliphatic rings. The van der Waals surface area contributed by atoms with Gasteiger partial charge in [0.05, 0.1) is 26.1 Å². The van der Waals surface area contributed by atoms with Gasteiger partial charge in [0.15, 0.2) is 0 Å². The van der Waals surface area contributed by atoms with Crippen LogP contribution in [0.25, 0.3) is 0 Å². The second-order valence-corrected chi connectivity index (χ2v) is 2.22. The molecule has 1 N–H and O–H groups in total. The van der Waals surface area contributed by atoms with E-state index < -0.39 is 31.1 Å². The molecular formula is C6H9F3O3. The smallest absolute Gasteiger partial charge is 0.390 e. The highest BCUT2D eigenvalue weighted by molar-refractivity contribution is 5.72. The van der Waals surface area contributed by atoms with Gasteiger partial charge in [0.1, 0.15) is 0 Å². The maximum absolute atomic E-state index is 11.7. The van der Waals surface area contributed by atoms with Crippen molar-refractivity contribution in [3.63, 3.8) is 0 Å². The number of ether oxygens (including phenoxy) is 1. The van der Waals surface area contributed by atoms with Gasteiger partial charge in [-0.3, -0.25) is 4.79 Å². The van der Waals surface area contributed by atoms with Crippen LogP contribution in [0, 0.1) is 5.92 Å². The summed E-state index contributed by atoms with van der Waals surface area (Å²) in [7, 11) is 0.974. The Labute approximate surface area is 67.1 Å². The number of hydrogen-bond donors (Lipinski definition) is 1. The van der Waals surface area contributed by atoms with Crippen molar-refractivity contribution < 1.29 is 27.8 Å². The zero-order valence-corrected chi connectivity index (χ0v) is 6.39. The van der Waals surface area contributed by atoms with E-state index in [1.165, 1.54) is 0 Å². The number of methoxy groups -OCH3 is 1. The van der Waals surface area contributed by atoms with Gasteiger partial charge in [-0.15, -0.1) is 0 Å². The molecule has 0 bridgehead atoms. The van der Waals surface area contributed by atoms with Crippen molar-refractivity contribution in [2.75, 3.05) is 13.7 Å². The molecule has 0 saturated carbocycles. The van der Waals surface area contributed by atoms with Crippen LogP contribution in [0.15, 0.2) is 0 Å². The number of carbonyl (C=O) groups is 1. The summed E-state index contributed by atoms with van der Waals surface area (Å²) < 4.78 is 39.1. The lowest BCUT2D eigenvalue weighted by atomic mass is 10.1. The first-order valence-electron chi connectivity index (χ1n) is 3.16. The monoisotopic (exact) mass is 186 g/mol. The molecule has 0 aromatic rings. The topological polar surface area (TPSA) is 46.5 Å². The Morgan fingerprint density at radius 2 is 2.08 bits per heavy atom. The Bertz CT molecular complexity index is 155. The van der Waals surface area contributed by atoms with Crippen molar-refractivity contribution in [3.05, 3.63) is 0 Å². The van der Waals surface area contributed by atoms with E-state index in [2.05, 4.69) is 4.74 Å². The fourth-order valence-electron chi connectivity index (χ4n) is 0.668. The third-order valence-corrected chi connectivity index (χ3v) is 1.23. The van der Waals surface area contributed by atoms with E-state index in [-0.39, 0.29) is 0 Å². The first-order chi connectivity index (χ1) is 5.40. The molecule has 0 radical (unpaired) electrons. The number of rotatable bonds is 3. The number of aliphatic hydroxyl groups is 1. The van der Waals surface area contributed by atoms with Gasteiger partial charge in [-0.25, -0.2) is 0 Å². The summed E-state index contributed by atoms with van der Waals surface area (Å²) in [4.78, 5) is 10.5. The minimum Gasteiger partial charge on any atom is -0.469 e. The summed E-state index contributed by atoms with van der Waals surface area (Å²) in [6.45, 7) is -0.855. The fourth-order valence-corrected chi connectivity index (χ4v) is 0.668. The Kier molecular flexibility index (Phi) is 4.02. The average Bonchev–Trinajstić information content (AvgIpc) is 1.97. The molecule has 0 spiro atoms. The van der Waals surface area contributed by atoms with Gasteiger partial charge in [0, 0.05) is 0 Å². The highest BCUT2D eigenvalue weighted by atomic mass is 19.4. The molecule has 12 heavy (non-hydrogen) atoms. The number of halogens is 3. The standard InChI is InChI=1S/C6H9F3O3/c1-12-5(11)4(3-10)2-6(7,8)9/h4,10H,2-3H2,1H3. The Morgan fingerprint density at radius 1 is 1.58 bits per heavy atom. The number of aliphatic hydroxyl groups excluding tert-OH is 1. The summed E-state index contributed by atoms with van der Waals surface area (Å²) in [5.74, 6) is -2.55. The molecule has 0 aromatic carbocycles. The summed E-state index contributed by atoms with van der Waals surface area (Å²) in [5, 5.41) is 8.39. The van der Waals surface area contributed by atoms with Gasteiger partial charge < -0.3 is 9.84 Å². The summed E-state index contributed by atoms with van der Waals surface area (Å²) in [6, 6.07) is 0. The third kappa shape index (κ3) is 4.17. The van der Waals surface area contributed by atoms with Crippen LogP contribution in [0.1, 0.15) is 6.42 Å². The predicted octanol–water partition coefficient (Wildman–Crippen LogP) is 0.720. The van der Waals surface area contributed by atoms with Gasteiger partial charge >= 0.3 is 12.1 Å². The van der Waals surface area contributed by atoms with Gasteiger partial charge in [0.2, 0.25) is 0 Å². The van der Waals surface area contributed by atoms with Crippen LogP contribution in [0.4, 0.5) is 13.2 Å². The molecule has 0 amide bonds. The van der Waals surface area contributed by atoms with Crippen LogP contribution < -0.4 is 0 Å². The maximum atomic E-state index is 11.7. The molecule has 1 atom stereocenters. The van der Waals surface area contributed by atoms with Gasteiger partial charge in [-0.05, 0) is 0 Å². The zero-order chi connectivity index (χ0) is 9.78. The Morgan fingerprint density at radius 3 is 2.33 bits per heavy atom. The quantitative estimate of drug-likeness (QED) is 0.660. The first-order valence-corrected chi connectivity index (χ1v) is 3.16. The average molecular weight is 186 g/mol. The first kappa shape index (κ1) is 11.2. The minimum absolute atomic E-state index is 0.855. The van der Waals surface area contributed by atoms with E-state index in [4.69, 9.17) is 5.11 Å². The van der Waals surface area contributed by atoms with Crippen LogP contribution >= 0.6 is 0 Å². The molecule has 0 heterocycles. The van der Waals surface area contributed by atoms with Crippen molar-refractivity contribution >= 4 is 5.97 Å². The van der Waals surface area contributed by atoms with E-state index in [0.717, 1.165) is 7.11 Å². The summed E-state index contributed by atoms with van der Waals surface area (Å²) in [6.07, 6.45) is -5.81. The fraction of sp³-hybridized carbons (Fsp3) is 0.833. The molecule has 0 aliphatic carbocycles. The molecule has 1 unspecified atom stereocenters. The lowest BCUT2D eigenvalue weighted by Crippen LogP contribution is -2.26. The van der Waals surface area contributed by atoms with Gasteiger partial charge in [-0.2, -0.15) is 13.2 Å². The van der Waals surface area contributed by atoms with E-state index in [1.807, 2.05) is 0 Å². The molecule has 0 saturated heterocycles. The second-order valence-electron chi connectivity index (χ2n) is 2.22. The molecular weight excluding hydrogens is 177 g/mol. The van der Waals surface area contributed by atoms with E-state index in [0.29, 0.717) is 0 Å². The normalized spacial score (nSPS) is 14.1. The van der Waals surface area contributed by atoms with Crippen molar-refractivity contribution in [2.24, 2.45) is 5.92 Å². The third-order valence-electron chi connectivity index (χ3n) is 1.23. The van der Waals surface area contributed by atoms with Crippen LogP contribution in [-0.4, -0.2) is 31.0 Å². The minimum atomic E-state index is -4.46. The lowest BCUT2D eigenvalue weighted by molar-refractivity contribution is -0.168. The molecule has 3 nitrogen and oxygen atoms in total. The van der Waals surface area contributed by atoms with E-state index >= 15 is 0 Å². The molecule has 0 aliphatic heterocycles. The maximum Gasteiger partial charge on any atom is 0.390 e. The zero-order valence-electron chi connectivity index (χ0n) is 6.39. The SMILES string of the molecule is COC(=O)C(CO)CC(F)(F)F. The van der Waals surface area contributed by atoms with Crippen molar-refractivity contribution in [3.8, 4) is 0 Å². The highest BCUT2D eigenvalue weighted by Crippen LogP contribution is 2.25. The van der Waals surface area contributed by atoms with Gasteiger partial charge in [-0.1, -0.05) is 0 Å². The van der Waals surface area contributed by atoms with E-state index in [9.17, 15) is 18.0 Å². The molecule has 0 aromatic heterocycles. The van der Waals surface area contributed by atoms with Crippen molar-refractivity contribution in [2.45, 2.75) is 12.6 Å². The van der Waals surface area contributed by atoms with Crippen LogP contribution in [-0.2, 0) is 9.53 Å². The van der Waals surface area contributed by atoms with Crippen molar-refractivity contribution in [1.29, 1.82) is 0 Å². The summed E-state index contributed by atoms with van der Waals surface area (Å²) in [5.41, 5.74) is 0. The molecule has 6 heteroatoms. The number of alkyl halides is 3. The Hall–Kier alpha value is -0.780. The highest BCUT2D eigenvalue weighted by Gasteiger charge is 2.35. The predicted molar refractivity (Wildman–Crippen MR) is 33.3 cm³/mol. The van der Waals surface area contributed by atoms with Crippen LogP contribution in [0.5, 0.6) is 0 Å². The lowest BCUT2D eigenvalue weighted by Gasteiger charge is -2.13. The van der Waals surface area contributed by atoms with Crippen molar-refractivity contribution in [1.82, 2.24) is 0 Å². The van der Waals surface area contributed by atoms with Crippen LogP contribution in [0.3, 0.4) is 0 Å². The van der Waals surface area contributed by atoms with E-state index in [1.54, 1.807) is 0 Å². The van der Waals surface area contributed by atoms with Crippen LogP contribution in [0.2, 0.25) is 0 Å². The second kappa shape index (κ2) is 4.30. The Balaban J connectivity index is 4.09.